The number of nitriles is 1. The molecule has 0 bridgehead atoms. The molecule has 7 heteroatoms. The van der Waals surface area contributed by atoms with Crippen molar-refractivity contribution in [3.63, 3.8) is 0 Å². The Bertz CT molecular complexity index is 484. The fourth-order valence-electron chi connectivity index (χ4n) is 1.68. The number of aliphatic hydroxyl groups excluding tert-OH is 1. The first-order valence-electron chi connectivity index (χ1n) is 6.04. The van der Waals surface area contributed by atoms with Gasteiger partial charge in [-0.1, -0.05) is 13.3 Å². The highest BCUT2D eigenvalue weighted by molar-refractivity contribution is 5.60. The Labute approximate surface area is 111 Å². The van der Waals surface area contributed by atoms with Crippen LogP contribution in [-0.4, -0.2) is 34.7 Å². The monoisotopic (exact) mass is 264 g/mol. The molecule has 0 unspecified atom stereocenters. The average Bonchev–Trinajstić information content (AvgIpc) is 2.42. The van der Waals surface area contributed by atoms with E-state index < -0.39 is 4.92 Å². The molecule has 1 aromatic heterocycles. The minimum absolute atomic E-state index is 0.109. The molecule has 102 valence electrons. The molecule has 0 spiro atoms. The minimum Gasteiger partial charge on any atom is -0.395 e. The van der Waals surface area contributed by atoms with Crippen molar-refractivity contribution in [2.24, 2.45) is 0 Å². The molecule has 0 radical (unpaired) electrons. The van der Waals surface area contributed by atoms with Gasteiger partial charge in [0.1, 0.15) is 6.07 Å². The van der Waals surface area contributed by atoms with Crippen LogP contribution in [0, 0.1) is 21.4 Å². The van der Waals surface area contributed by atoms with Crippen molar-refractivity contribution >= 4 is 11.5 Å². The van der Waals surface area contributed by atoms with Gasteiger partial charge in [0.05, 0.1) is 17.1 Å². The molecule has 1 aromatic rings. The number of nitrogens with zero attached hydrogens (tertiary/aromatic N) is 4. The lowest BCUT2D eigenvalue weighted by Crippen LogP contribution is -2.29. The molecule has 1 N–H and O–H groups in total. The summed E-state index contributed by atoms with van der Waals surface area (Å²) in [6, 6.07) is 3.04. The number of anilines is 1. The van der Waals surface area contributed by atoms with Crippen LogP contribution in [0.3, 0.4) is 0 Å². The highest BCUT2D eigenvalue weighted by Crippen LogP contribution is 2.26. The van der Waals surface area contributed by atoms with Gasteiger partial charge in [-0.05, 0) is 6.42 Å². The summed E-state index contributed by atoms with van der Waals surface area (Å²) in [5.74, 6) is 0.200. The van der Waals surface area contributed by atoms with E-state index in [0.29, 0.717) is 6.54 Å². The number of rotatable bonds is 7. The van der Waals surface area contributed by atoms with E-state index in [0.717, 1.165) is 12.8 Å². The molecular formula is C12H16N4O3. The second-order valence-electron chi connectivity index (χ2n) is 4.00. The zero-order chi connectivity index (χ0) is 14.3. The van der Waals surface area contributed by atoms with Crippen molar-refractivity contribution in [2.75, 3.05) is 24.6 Å². The van der Waals surface area contributed by atoms with Gasteiger partial charge in [-0.25, -0.2) is 4.98 Å². The third kappa shape index (κ3) is 3.89. The van der Waals surface area contributed by atoms with Gasteiger partial charge >= 0.3 is 5.69 Å². The van der Waals surface area contributed by atoms with Crippen LogP contribution >= 0.6 is 0 Å². The Balaban J connectivity index is 3.13. The molecule has 0 aliphatic carbocycles. The van der Waals surface area contributed by atoms with Crippen LogP contribution in [0.25, 0.3) is 0 Å². The maximum absolute atomic E-state index is 11.0. The SMILES string of the molecule is CCCCN(CCO)c1ncc(C#N)cc1[N+](=O)[O-]. The van der Waals surface area contributed by atoms with Crippen molar-refractivity contribution in [1.82, 2.24) is 4.98 Å². The summed E-state index contributed by atoms with van der Waals surface area (Å²) >= 11 is 0. The van der Waals surface area contributed by atoms with Gasteiger partial charge in [0.25, 0.3) is 0 Å². The lowest BCUT2D eigenvalue weighted by molar-refractivity contribution is -0.384. The highest BCUT2D eigenvalue weighted by atomic mass is 16.6. The number of aliphatic hydroxyl groups is 1. The number of hydrogen-bond acceptors (Lipinski definition) is 6. The van der Waals surface area contributed by atoms with Crippen LogP contribution in [0.1, 0.15) is 25.3 Å². The van der Waals surface area contributed by atoms with Crippen LogP contribution in [-0.2, 0) is 0 Å². The molecule has 0 aliphatic heterocycles. The van der Waals surface area contributed by atoms with Crippen molar-refractivity contribution in [1.29, 1.82) is 5.26 Å². The summed E-state index contributed by atoms with van der Waals surface area (Å²) in [7, 11) is 0. The third-order valence-electron chi connectivity index (χ3n) is 2.62. The molecule has 0 aliphatic rings. The first kappa shape index (κ1) is 14.9. The molecule has 0 aromatic carbocycles. The number of unbranched alkanes of at least 4 members (excludes halogenated alkanes) is 1. The van der Waals surface area contributed by atoms with Crippen molar-refractivity contribution in [3.05, 3.63) is 27.9 Å². The molecule has 7 nitrogen and oxygen atoms in total. The Morgan fingerprint density at radius 2 is 2.32 bits per heavy atom. The molecule has 0 saturated carbocycles. The summed E-state index contributed by atoms with van der Waals surface area (Å²) in [6.07, 6.45) is 3.09. The Kier molecular flexibility index (Phi) is 5.70. The maximum Gasteiger partial charge on any atom is 0.312 e. The molecule has 19 heavy (non-hydrogen) atoms. The topological polar surface area (TPSA) is 103 Å². The smallest absolute Gasteiger partial charge is 0.312 e. The van der Waals surface area contributed by atoms with E-state index in [1.807, 2.05) is 13.0 Å². The Hall–Kier alpha value is -2.20. The average molecular weight is 264 g/mol. The van der Waals surface area contributed by atoms with Gasteiger partial charge in [0.2, 0.25) is 5.82 Å². The summed E-state index contributed by atoms with van der Waals surface area (Å²) < 4.78 is 0. The van der Waals surface area contributed by atoms with Gasteiger partial charge in [0.15, 0.2) is 0 Å². The van der Waals surface area contributed by atoms with Crippen molar-refractivity contribution in [3.8, 4) is 6.07 Å². The van der Waals surface area contributed by atoms with Crippen LogP contribution in [0.15, 0.2) is 12.3 Å². The largest absolute Gasteiger partial charge is 0.395 e. The first-order valence-corrected chi connectivity index (χ1v) is 6.04. The zero-order valence-corrected chi connectivity index (χ0v) is 10.7. The molecule has 1 rings (SSSR count). The van der Waals surface area contributed by atoms with Gasteiger partial charge in [-0.15, -0.1) is 0 Å². The molecule has 0 amide bonds. The molecule has 0 atom stereocenters. The zero-order valence-electron chi connectivity index (χ0n) is 10.7. The van der Waals surface area contributed by atoms with Gasteiger partial charge in [0, 0.05) is 25.4 Å². The second kappa shape index (κ2) is 7.28. The van der Waals surface area contributed by atoms with Crippen LogP contribution < -0.4 is 4.90 Å². The Morgan fingerprint density at radius 3 is 2.84 bits per heavy atom. The van der Waals surface area contributed by atoms with Crippen molar-refractivity contribution < 1.29 is 10.0 Å². The fraction of sp³-hybridized carbons (Fsp3) is 0.500. The normalized spacial score (nSPS) is 9.95. The summed E-state index contributed by atoms with van der Waals surface area (Å²) in [5, 5.41) is 28.8. The van der Waals surface area contributed by atoms with E-state index in [-0.39, 0.29) is 30.2 Å². The van der Waals surface area contributed by atoms with E-state index in [1.54, 1.807) is 4.90 Å². The molecule has 0 fully saturated rings. The number of aromatic nitrogens is 1. The number of nitro groups is 1. The van der Waals surface area contributed by atoms with E-state index >= 15 is 0 Å². The summed E-state index contributed by atoms with van der Waals surface area (Å²) in [5.41, 5.74) is -0.0570. The van der Waals surface area contributed by atoms with Crippen LogP contribution in [0.4, 0.5) is 11.5 Å². The molecule has 1 heterocycles. The highest BCUT2D eigenvalue weighted by Gasteiger charge is 2.21. The fourth-order valence-corrected chi connectivity index (χ4v) is 1.68. The predicted molar refractivity (Wildman–Crippen MR) is 69.8 cm³/mol. The predicted octanol–water partition coefficient (Wildman–Crippen LogP) is 1.46. The lowest BCUT2D eigenvalue weighted by atomic mass is 10.2. The van der Waals surface area contributed by atoms with E-state index in [2.05, 4.69) is 4.98 Å². The van der Waals surface area contributed by atoms with Gasteiger partial charge in [-0.3, -0.25) is 10.1 Å². The number of hydrogen-bond donors (Lipinski definition) is 1. The second-order valence-corrected chi connectivity index (χ2v) is 4.00. The minimum atomic E-state index is -0.556. The summed E-state index contributed by atoms with van der Waals surface area (Å²) in [4.78, 5) is 16.1. The Morgan fingerprint density at radius 1 is 1.58 bits per heavy atom. The van der Waals surface area contributed by atoms with Gasteiger partial charge in [-0.2, -0.15) is 5.26 Å². The maximum atomic E-state index is 11.0. The third-order valence-corrected chi connectivity index (χ3v) is 2.62. The van der Waals surface area contributed by atoms with Crippen molar-refractivity contribution in [2.45, 2.75) is 19.8 Å². The number of pyridine rings is 1. The quantitative estimate of drug-likeness (QED) is 0.590. The molecule has 0 saturated heterocycles. The lowest BCUT2D eigenvalue weighted by Gasteiger charge is -2.22. The van der Waals surface area contributed by atoms with E-state index in [9.17, 15) is 10.1 Å². The van der Waals surface area contributed by atoms with E-state index in [4.69, 9.17) is 10.4 Å². The summed E-state index contributed by atoms with van der Waals surface area (Å²) in [6.45, 7) is 2.76. The standard InChI is InChI=1S/C12H16N4O3/c1-2-3-4-15(5-6-17)12-11(16(18)19)7-10(8-13)9-14-12/h7,9,17H,2-6H2,1H3. The van der Waals surface area contributed by atoms with Crippen LogP contribution in [0.5, 0.6) is 0 Å². The van der Waals surface area contributed by atoms with Gasteiger partial charge < -0.3 is 10.0 Å². The first-order chi connectivity index (χ1) is 9.13. The molecular weight excluding hydrogens is 248 g/mol. The van der Waals surface area contributed by atoms with E-state index in [1.165, 1.54) is 12.3 Å². The van der Waals surface area contributed by atoms with Crippen LogP contribution in [0.2, 0.25) is 0 Å².